The van der Waals surface area contributed by atoms with Crippen molar-refractivity contribution in [3.63, 3.8) is 0 Å². The zero-order valence-corrected chi connectivity index (χ0v) is 15.3. The molecule has 1 fully saturated rings. The number of piperidine rings is 1. The molecule has 6 nitrogen and oxygen atoms in total. The first-order valence-electron chi connectivity index (χ1n) is 8.41. The summed E-state index contributed by atoms with van der Waals surface area (Å²) in [4.78, 5) is 23.5. The molecule has 132 valence electrons. The lowest BCUT2D eigenvalue weighted by atomic mass is 9.96. The van der Waals surface area contributed by atoms with Gasteiger partial charge in [0, 0.05) is 29.7 Å². The summed E-state index contributed by atoms with van der Waals surface area (Å²) < 4.78 is 0.953. The Hall–Kier alpha value is -1.60. The number of carbonyl (C=O) groups excluding carboxylic acids is 2. The third-order valence-corrected chi connectivity index (χ3v) is 4.54. The van der Waals surface area contributed by atoms with Crippen LogP contribution in [0.1, 0.15) is 25.7 Å². The molecule has 0 spiro atoms. The second-order valence-electron chi connectivity index (χ2n) is 5.99. The van der Waals surface area contributed by atoms with Gasteiger partial charge >= 0.3 is 6.03 Å². The topological polar surface area (TPSA) is 82.3 Å². The van der Waals surface area contributed by atoms with Crippen molar-refractivity contribution in [2.75, 3.05) is 31.5 Å². The van der Waals surface area contributed by atoms with E-state index in [0.29, 0.717) is 24.7 Å². The molecule has 1 unspecified atom stereocenters. The Morgan fingerprint density at radius 3 is 2.67 bits per heavy atom. The summed E-state index contributed by atoms with van der Waals surface area (Å²) >= 11 is 3.34. The lowest BCUT2D eigenvalue weighted by Gasteiger charge is -2.22. The number of urea groups is 1. The molecular weight excluding hydrogens is 372 g/mol. The maximum Gasteiger partial charge on any atom is 0.319 e. The SMILES string of the molecule is O=C(CCNC(=O)Nc1ccc(Br)cc1)NCCC1CCCNC1. The van der Waals surface area contributed by atoms with Gasteiger partial charge in [0.1, 0.15) is 0 Å². The number of halogens is 1. The first kappa shape index (κ1) is 18.7. The predicted octanol–water partition coefficient (Wildman–Crippen LogP) is 2.47. The van der Waals surface area contributed by atoms with Crippen LogP contribution in [-0.4, -0.2) is 38.1 Å². The lowest BCUT2D eigenvalue weighted by molar-refractivity contribution is -0.120. The molecule has 0 aliphatic carbocycles. The van der Waals surface area contributed by atoms with Crippen molar-refractivity contribution < 1.29 is 9.59 Å². The molecule has 4 N–H and O–H groups in total. The molecule has 0 radical (unpaired) electrons. The summed E-state index contributed by atoms with van der Waals surface area (Å²) in [5.74, 6) is 0.636. The Bertz CT molecular complexity index is 530. The van der Waals surface area contributed by atoms with Crippen molar-refractivity contribution in [3.8, 4) is 0 Å². The molecule has 1 saturated heterocycles. The van der Waals surface area contributed by atoms with Gasteiger partial charge in [-0.3, -0.25) is 4.79 Å². The monoisotopic (exact) mass is 396 g/mol. The number of anilines is 1. The highest BCUT2D eigenvalue weighted by Crippen LogP contribution is 2.14. The van der Waals surface area contributed by atoms with Crippen molar-refractivity contribution >= 4 is 33.6 Å². The normalized spacial score (nSPS) is 17.1. The van der Waals surface area contributed by atoms with Crippen LogP contribution in [0.4, 0.5) is 10.5 Å². The number of hydrogen-bond acceptors (Lipinski definition) is 3. The number of nitrogens with one attached hydrogen (secondary N) is 4. The van der Waals surface area contributed by atoms with E-state index in [2.05, 4.69) is 37.2 Å². The van der Waals surface area contributed by atoms with Crippen molar-refractivity contribution in [1.29, 1.82) is 0 Å². The Labute approximate surface area is 151 Å². The molecule has 3 amide bonds. The number of benzene rings is 1. The quantitative estimate of drug-likeness (QED) is 0.571. The molecule has 1 aromatic rings. The number of carbonyl (C=O) groups is 2. The van der Waals surface area contributed by atoms with E-state index in [1.807, 2.05) is 12.1 Å². The minimum absolute atomic E-state index is 0.0253. The van der Waals surface area contributed by atoms with Crippen LogP contribution in [0.2, 0.25) is 0 Å². The third kappa shape index (κ3) is 7.31. The highest BCUT2D eigenvalue weighted by Gasteiger charge is 2.12. The van der Waals surface area contributed by atoms with E-state index in [9.17, 15) is 9.59 Å². The summed E-state index contributed by atoms with van der Waals surface area (Å²) in [6.45, 7) is 3.18. The Balaban J connectivity index is 1.53. The van der Waals surface area contributed by atoms with Gasteiger partial charge in [-0.2, -0.15) is 0 Å². The molecular formula is C17H25BrN4O2. The average molecular weight is 397 g/mol. The van der Waals surface area contributed by atoms with E-state index < -0.39 is 0 Å². The van der Waals surface area contributed by atoms with E-state index in [-0.39, 0.29) is 18.4 Å². The van der Waals surface area contributed by atoms with E-state index >= 15 is 0 Å². The molecule has 2 rings (SSSR count). The second-order valence-corrected chi connectivity index (χ2v) is 6.90. The van der Waals surface area contributed by atoms with Crippen molar-refractivity contribution in [2.45, 2.75) is 25.7 Å². The van der Waals surface area contributed by atoms with Crippen LogP contribution in [0.3, 0.4) is 0 Å². The Kier molecular flexibility index (Phi) is 8.04. The summed E-state index contributed by atoms with van der Waals surface area (Å²) in [6, 6.07) is 7.00. The summed E-state index contributed by atoms with van der Waals surface area (Å²) in [5.41, 5.74) is 0.709. The highest BCUT2D eigenvalue weighted by molar-refractivity contribution is 9.10. The van der Waals surface area contributed by atoms with Crippen LogP contribution in [0, 0.1) is 5.92 Å². The van der Waals surface area contributed by atoms with Crippen molar-refractivity contribution in [1.82, 2.24) is 16.0 Å². The Morgan fingerprint density at radius 2 is 1.96 bits per heavy atom. The van der Waals surface area contributed by atoms with Gasteiger partial charge in [0.25, 0.3) is 0 Å². The van der Waals surface area contributed by atoms with Gasteiger partial charge in [-0.25, -0.2) is 4.79 Å². The zero-order valence-electron chi connectivity index (χ0n) is 13.7. The molecule has 1 heterocycles. The smallest absolute Gasteiger partial charge is 0.319 e. The molecule has 24 heavy (non-hydrogen) atoms. The number of rotatable bonds is 7. The van der Waals surface area contributed by atoms with Crippen LogP contribution in [0.5, 0.6) is 0 Å². The van der Waals surface area contributed by atoms with Crippen LogP contribution < -0.4 is 21.3 Å². The Morgan fingerprint density at radius 1 is 1.17 bits per heavy atom. The van der Waals surface area contributed by atoms with Gasteiger partial charge < -0.3 is 21.3 Å². The molecule has 7 heteroatoms. The maximum atomic E-state index is 11.8. The predicted molar refractivity (Wildman–Crippen MR) is 99.0 cm³/mol. The molecule has 1 atom stereocenters. The van der Waals surface area contributed by atoms with Gasteiger partial charge in [0.05, 0.1) is 0 Å². The standard InChI is InChI=1S/C17H25BrN4O2/c18-14-3-5-15(6-4-14)22-17(24)21-11-8-16(23)20-10-7-13-2-1-9-19-12-13/h3-6,13,19H,1-2,7-12H2,(H,20,23)(H2,21,22,24). The maximum absolute atomic E-state index is 11.8. The fourth-order valence-corrected chi connectivity index (χ4v) is 2.94. The van der Waals surface area contributed by atoms with Crippen LogP contribution in [0.25, 0.3) is 0 Å². The largest absolute Gasteiger partial charge is 0.356 e. The second kappa shape index (κ2) is 10.3. The van der Waals surface area contributed by atoms with Crippen LogP contribution in [0.15, 0.2) is 28.7 Å². The highest BCUT2D eigenvalue weighted by atomic mass is 79.9. The van der Waals surface area contributed by atoms with Gasteiger partial charge in [-0.1, -0.05) is 15.9 Å². The summed E-state index contributed by atoms with van der Waals surface area (Å²) in [6.07, 6.45) is 3.75. The molecule has 0 aromatic heterocycles. The van der Waals surface area contributed by atoms with Gasteiger partial charge in [0.15, 0.2) is 0 Å². The third-order valence-electron chi connectivity index (χ3n) is 4.01. The first-order valence-corrected chi connectivity index (χ1v) is 9.20. The fraction of sp³-hybridized carbons (Fsp3) is 0.529. The summed E-state index contributed by atoms with van der Waals surface area (Å²) in [5, 5.41) is 11.7. The molecule has 0 saturated carbocycles. The number of hydrogen-bond donors (Lipinski definition) is 4. The van der Waals surface area contributed by atoms with E-state index in [4.69, 9.17) is 0 Å². The minimum atomic E-state index is -0.307. The molecule has 1 aliphatic heterocycles. The first-order chi connectivity index (χ1) is 11.6. The van der Waals surface area contributed by atoms with Gasteiger partial charge in [-0.05, 0) is 62.5 Å². The average Bonchev–Trinajstić information content (AvgIpc) is 2.58. The fourth-order valence-electron chi connectivity index (χ4n) is 2.67. The van der Waals surface area contributed by atoms with Crippen LogP contribution >= 0.6 is 15.9 Å². The van der Waals surface area contributed by atoms with E-state index in [1.54, 1.807) is 12.1 Å². The molecule has 1 aliphatic rings. The molecule has 0 bridgehead atoms. The van der Waals surface area contributed by atoms with E-state index in [0.717, 1.165) is 24.0 Å². The van der Waals surface area contributed by atoms with Gasteiger partial charge in [-0.15, -0.1) is 0 Å². The minimum Gasteiger partial charge on any atom is -0.356 e. The van der Waals surface area contributed by atoms with Gasteiger partial charge in [0.2, 0.25) is 5.91 Å². The lowest BCUT2D eigenvalue weighted by Crippen LogP contribution is -2.35. The molecule has 1 aromatic carbocycles. The zero-order chi connectivity index (χ0) is 17.2. The van der Waals surface area contributed by atoms with Crippen molar-refractivity contribution in [3.05, 3.63) is 28.7 Å². The summed E-state index contributed by atoms with van der Waals surface area (Å²) in [7, 11) is 0. The number of amides is 3. The van der Waals surface area contributed by atoms with Crippen molar-refractivity contribution in [2.24, 2.45) is 5.92 Å². The van der Waals surface area contributed by atoms with E-state index in [1.165, 1.54) is 12.8 Å². The van der Waals surface area contributed by atoms with Crippen LogP contribution in [-0.2, 0) is 4.79 Å².